The van der Waals surface area contributed by atoms with Gasteiger partial charge in [0.2, 0.25) is 5.91 Å². The van der Waals surface area contributed by atoms with Crippen LogP contribution in [0, 0.1) is 0 Å². The van der Waals surface area contributed by atoms with Crippen LogP contribution in [-0.4, -0.2) is 25.1 Å². The van der Waals surface area contributed by atoms with Crippen molar-refractivity contribution in [2.24, 2.45) is 5.73 Å². The number of hydrogen-bond acceptors (Lipinski definition) is 3. The van der Waals surface area contributed by atoms with Crippen molar-refractivity contribution in [3.8, 4) is 16.9 Å². The van der Waals surface area contributed by atoms with Crippen molar-refractivity contribution in [3.05, 3.63) is 54.1 Å². The minimum atomic E-state index is -0.409. The summed E-state index contributed by atoms with van der Waals surface area (Å²) in [4.78, 5) is 11.3. The van der Waals surface area contributed by atoms with E-state index in [-0.39, 0.29) is 12.4 Å². The number of nitrogens with two attached hydrogens (primary N) is 1. The molecular weight excluding hydrogens is 360 g/mol. The van der Waals surface area contributed by atoms with Gasteiger partial charge in [-0.25, -0.2) is 0 Å². The molecule has 3 N–H and O–H groups in total. The molecule has 5 heteroatoms. The molecule has 0 aliphatic heterocycles. The van der Waals surface area contributed by atoms with E-state index < -0.39 is 5.91 Å². The summed E-state index contributed by atoms with van der Waals surface area (Å²) in [5.74, 6) is 0.454. The smallest absolute Gasteiger partial charge is 0.248 e. The van der Waals surface area contributed by atoms with Crippen molar-refractivity contribution in [1.29, 1.82) is 0 Å². The second-order valence-corrected chi connectivity index (χ2v) is 6.96. The first-order chi connectivity index (χ1) is 12.7. The van der Waals surface area contributed by atoms with E-state index in [0.29, 0.717) is 18.2 Å². The molecule has 1 aliphatic carbocycles. The maximum absolute atomic E-state index is 11.3. The number of primary amides is 1. The Morgan fingerprint density at radius 1 is 1.00 bits per heavy atom. The number of hydrogen-bond donors (Lipinski definition) is 2. The van der Waals surface area contributed by atoms with Crippen LogP contribution in [0.2, 0.25) is 0 Å². The van der Waals surface area contributed by atoms with E-state index in [1.807, 2.05) is 42.5 Å². The van der Waals surface area contributed by atoms with Crippen LogP contribution in [0.5, 0.6) is 5.75 Å². The van der Waals surface area contributed by atoms with Gasteiger partial charge in [0.1, 0.15) is 12.4 Å². The number of nitrogens with one attached hydrogen (secondary N) is 1. The zero-order valence-corrected chi connectivity index (χ0v) is 16.5. The Bertz CT molecular complexity index is 711. The first-order valence-electron chi connectivity index (χ1n) is 9.59. The van der Waals surface area contributed by atoms with Crippen molar-refractivity contribution in [3.63, 3.8) is 0 Å². The minimum Gasteiger partial charge on any atom is -0.492 e. The Balaban J connectivity index is 0.00000261. The van der Waals surface area contributed by atoms with Crippen LogP contribution in [0.25, 0.3) is 11.1 Å². The summed E-state index contributed by atoms with van der Waals surface area (Å²) in [6.07, 6.45) is 8.03. The van der Waals surface area contributed by atoms with Gasteiger partial charge in [0.25, 0.3) is 0 Å². The number of carbonyl (C=O) groups is 1. The number of benzene rings is 2. The largest absolute Gasteiger partial charge is 0.492 e. The lowest BCUT2D eigenvalue weighted by atomic mass is 10.0. The Morgan fingerprint density at radius 3 is 2.37 bits per heavy atom. The van der Waals surface area contributed by atoms with Gasteiger partial charge in [-0.3, -0.25) is 4.79 Å². The summed E-state index contributed by atoms with van der Waals surface area (Å²) in [5, 5.41) is 3.62. The molecule has 1 aliphatic rings. The van der Waals surface area contributed by atoms with Crippen LogP contribution in [0.15, 0.2) is 48.5 Å². The zero-order chi connectivity index (χ0) is 18.2. The molecule has 0 bridgehead atoms. The highest BCUT2D eigenvalue weighted by atomic mass is 35.5. The predicted molar refractivity (Wildman–Crippen MR) is 113 cm³/mol. The van der Waals surface area contributed by atoms with E-state index in [4.69, 9.17) is 10.5 Å². The van der Waals surface area contributed by atoms with Gasteiger partial charge in [-0.1, -0.05) is 49.9 Å². The molecule has 0 radical (unpaired) electrons. The summed E-state index contributed by atoms with van der Waals surface area (Å²) in [5.41, 5.74) is 7.89. The summed E-state index contributed by atoms with van der Waals surface area (Å²) >= 11 is 0. The molecule has 1 fully saturated rings. The number of halogens is 1. The Morgan fingerprint density at radius 2 is 1.70 bits per heavy atom. The molecule has 2 aromatic rings. The second-order valence-electron chi connectivity index (χ2n) is 6.96. The van der Waals surface area contributed by atoms with Crippen LogP contribution < -0.4 is 15.8 Å². The van der Waals surface area contributed by atoms with E-state index in [1.165, 1.54) is 38.5 Å². The highest BCUT2D eigenvalue weighted by Crippen LogP contribution is 2.23. The SMILES string of the molecule is Cl.NC(=O)c1cccc(-c2ccc(OCCNC3CCCCCC3)cc2)c1. The van der Waals surface area contributed by atoms with Crippen molar-refractivity contribution >= 4 is 18.3 Å². The lowest BCUT2D eigenvalue weighted by Gasteiger charge is -2.16. The summed E-state index contributed by atoms with van der Waals surface area (Å²) in [6.45, 7) is 1.56. The van der Waals surface area contributed by atoms with Gasteiger partial charge in [0, 0.05) is 18.2 Å². The second kappa shape index (κ2) is 11.0. The molecule has 2 aromatic carbocycles. The molecule has 3 rings (SSSR count). The van der Waals surface area contributed by atoms with Crippen LogP contribution >= 0.6 is 12.4 Å². The lowest BCUT2D eigenvalue weighted by Crippen LogP contribution is -2.32. The van der Waals surface area contributed by atoms with Crippen LogP contribution in [0.1, 0.15) is 48.9 Å². The average Bonchev–Trinajstić information content (AvgIpc) is 2.95. The van der Waals surface area contributed by atoms with Gasteiger partial charge in [-0.15, -0.1) is 12.4 Å². The van der Waals surface area contributed by atoms with Gasteiger partial charge in [0.05, 0.1) is 0 Å². The minimum absolute atomic E-state index is 0. The van der Waals surface area contributed by atoms with Gasteiger partial charge in [-0.05, 0) is 48.2 Å². The molecule has 0 aromatic heterocycles. The molecule has 27 heavy (non-hydrogen) atoms. The summed E-state index contributed by atoms with van der Waals surface area (Å²) in [6, 6.07) is 16.0. The first-order valence-corrected chi connectivity index (χ1v) is 9.59. The third-order valence-electron chi connectivity index (χ3n) is 4.99. The monoisotopic (exact) mass is 388 g/mol. The van der Waals surface area contributed by atoms with E-state index in [0.717, 1.165) is 23.4 Å². The average molecular weight is 389 g/mol. The van der Waals surface area contributed by atoms with Crippen LogP contribution in [0.3, 0.4) is 0 Å². The lowest BCUT2D eigenvalue weighted by molar-refractivity contribution is 0.100. The van der Waals surface area contributed by atoms with Crippen molar-refractivity contribution in [1.82, 2.24) is 5.32 Å². The molecule has 0 atom stereocenters. The fraction of sp³-hybridized carbons (Fsp3) is 0.409. The van der Waals surface area contributed by atoms with Gasteiger partial charge in [-0.2, -0.15) is 0 Å². The van der Waals surface area contributed by atoms with Crippen molar-refractivity contribution < 1.29 is 9.53 Å². The highest BCUT2D eigenvalue weighted by Gasteiger charge is 2.11. The van der Waals surface area contributed by atoms with E-state index in [2.05, 4.69) is 5.32 Å². The maximum Gasteiger partial charge on any atom is 0.248 e. The van der Waals surface area contributed by atoms with Crippen molar-refractivity contribution in [2.75, 3.05) is 13.2 Å². The van der Waals surface area contributed by atoms with Gasteiger partial charge in [0.15, 0.2) is 0 Å². The van der Waals surface area contributed by atoms with Crippen LogP contribution in [0.4, 0.5) is 0 Å². The van der Waals surface area contributed by atoms with Crippen molar-refractivity contribution in [2.45, 2.75) is 44.6 Å². The number of rotatable bonds is 7. The molecular formula is C22H29ClN2O2. The zero-order valence-electron chi connectivity index (χ0n) is 15.7. The van der Waals surface area contributed by atoms with E-state index >= 15 is 0 Å². The topological polar surface area (TPSA) is 64.4 Å². The predicted octanol–water partition coefficient (Wildman–Crippen LogP) is 4.57. The molecule has 4 nitrogen and oxygen atoms in total. The molecule has 0 saturated heterocycles. The standard InChI is InChI=1S/C22H28N2O2.ClH/c23-22(25)19-7-5-6-18(16-19)17-10-12-21(13-11-17)26-15-14-24-20-8-3-1-2-4-9-20;/h5-7,10-13,16,20,24H,1-4,8-9,14-15H2,(H2,23,25);1H. The van der Waals surface area contributed by atoms with Crippen LogP contribution in [-0.2, 0) is 0 Å². The van der Waals surface area contributed by atoms with E-state index in [9.17, 15) is 4.79 Å². The van der Waals surface area contributed by atoms with Gasteiger partial charge >= 0.3 is 0 Å². The fourth-order valence-corrected chi connectivity index (χ4v) is 3.51. The Kier molecular flexibility index (Phi) is 8.62. The normalized spacial score (nSPS) is 14.8. The Labute approximate surface area is 167 Å². The molecule has 1 saturated carbocycles. The molecule has 0 spiro atoms. The first kappa shape index (κ1) is 21.3. The Hall–Kier alpha value is -2.04. The molecule has 0 unspecified atom stereocenters. The molecule has 0 heterocycles. The summed E-state index contributed by atoms with van der Waals surface area (Å²) < 4.78 is 5.84. The fourth-order valence-electron chi connectivity index (χ4n) is 3.51. The molecule has 1 amide bonds. The van der Waals surface area contributed by atoms with Gasteiger partial charge < -0.3 is 15.8 Å². The number of carbonyl (C=O) groups excluding carboxylic acids is 1. The maximum atomic E-state index is 11.3. The quantitative estimate of drug-likeness (QED) is 0.539. The number of amides is 1. The van der Waals surface area contributed by atoms with E-state index in [1.54, 1.807) is 6.07 Å². The number of ether oxygens (including phenoxy) is 1. The third-order valence-corrected chi connectivity index (χ3v) is 4.99. The molecule has 146 valence electrons. The third kappa shape index (κ3) is 6.56. The highest BCUT2D eigenvalue weighted by molar-refractivity contribution is 5.94. The summed E-state index contributed by atoms with van der Waals surface area (Å²) in [7, 11) is 0.